The number of nitrogens with zero attached hydrogens (tertiary/aromatic N) is 3. The number of fused-ring (bicyclic) bond motifs is 4. The first-order valence-corrected chi connectivity index (χ1v) is 11.2. The summed E-state index contributed by atoms with van der Waals surface area (Å²) in [5, 5.41) is 3.98. The van der Waals surface area contributed by atoms with Crippen molar-refractivity contribution in [1.82, 2.24) is 15.0 Å². The molecule has 30 heavy (non-hydrogen) atoms. The predicted octanol–water partition coefficient (Wildman–Crippen LogP) is 3.55. The first-order valence-electron chi connectivity index (χ1n) is 11.2. The highest BCUT2D eigenvalue weighted by atomic mass is 16.5. The molecule has 3 saturated heterocycles. The Bertz CT molecular complexity index is 911. The van der Waals surface area contributed by atoms with E-state index in [1.54, 1.807) is 13.2 Å². The fourth-order valence-corrected chi connectivity index (χ4v) is 6.02. The Balaban J connectivity index is 1.41. The van der Waals surface area contributed by atoms with Crippen LogP contribution < -0.4 is 4.74 Å². The van der Waals surface area contributed by atoms with Crippen molar-refractivity contribution in [1.29, 1.82) is 0 Å². The second-order valence-electron chi connectivity index (χ2n) is 9.21. The summed E-state index contributed by atoms with van der Waals surface area (Å²) in [7, 11) is 1.72. The fourth-order valence-electron chi connectivity index (χ4n) is 6.02. The Hall–Kier alpha value is -2.34. The minimum absolute atomic E-state index is 0.0194. The number of ether oxygens (including phenoxy) is 1. The summed E-state index contributed by atoms with van der Waals surface area (Å²) < 4.78 is 10.6. The molecule has 5 rings (SSSR count). The van der Waals surface area contributed by atoms with Crippen LogP contribution in [0, 0.1) is 18.8 Å². The van der Waals surface area contributed by atoms with Gasteiger partial charge in [-0.2, -0.15) is 0 Å². The molecule has 0 saturated carbocycles. The Labute approximate surface area is 178 Å². The van der Waals surface area contributed by atoms with Crippen molar-refractivity contribution in [3.8, 4) is 5.75 Å². The number of aryl methyl sites for hydroxylation is 1. The topological polar surface area (TPSA) is 58.8 Å². The van der Waals surface area contributed by atoms with Gasteiger partial charge in [0.05, 0.1) is 7.11 Å². The summed E-state index contributed by atoms with van der Waals surface area (Å²) in [6.07, 6.45) is 6.06. The van der Waals surface area contributed by atoms with Gasteiger partial charge in [0.25, 0.3) is 5.91 Å². The van der Waals surface area contributed by atoms with Gasteiger partial charge in [-0.05, 0) is 68.7 Å². The summed E-state index contributed by atoms with van der Waals surface area (Å²) in [6.45, 7) is 4.66. The largest absolute Gasteiger partial charge is 0.497 e. The lowest BCUT2D eigenvalue weighted by molar-refractivity contribution is -0.0643. The third kappa shape index (κ3) is 3.62. The lowest BCUT2D eigenvalue weighted by atomic mass is 9.71. The number of likely N-dealkylation sites (tertiary alicyclic amines) is 1. The highest BCUT2D eigenvalue weighted by Crippen LogP contribution is 2.42. The molecule has 0 radical (unpaired) electrons. The third-order valence-corrected chi connectivity index (χ3v) is 7.34. The predicted molar refractivity (Wildman–Crippen MR) is 114 cm³/mol. The van der Waals surface area contributed by atoms with E-state index in [0.717, 1.165) is 25.3 Å². The monoisotopic (exact) mass is 409 g/mol. The van der Waals surface area contributed by atoms with Gasteiger partial charge in [0.2, 0.25) is 0 Å². The second kappa shape index (κ2) is 8.06. The van der Waals surface area contributed by atoms with Crippen LogP contribution in [0.5, 0.6) is 5.75 Å². The van der Waals surface area contributed by atoms with Crippen molar-refractivity contribution in [2.75, 3.05) is 26.7 Å². The molecule has 0 N–H and O–H groups in total. The highest BCUT2D eigenvalue weighted by molar-refractivity contribution is 5.92. The maximum Gasteiger partial charge on any atom is 0.276 e. The van der Waals surface area contributed by atoms with Gasteiger partial charge < -0.3 is 14.2 Å². The van der Waals surface area contributed by atoms with E-state index >= 15 is 0 Å². The number of aromatic nitrogens is 1. The standard InChI is InChI=1S/C24H31N3O3/c1-16-10-21(25-30-16)24(28)26-14-18-13-19(15-26)23(27-9-4-3-8-22(18)27)12-17-6-5-7-20(11-17)29-2/h5-7,10-11,18-19,22-23H,3-4,8-9,12-15H2,1-2H3/t18-,19+,22+,23+/m1/s1. The van der Waals surface area contributed by atoms with Gasteiger partial charge >= 0.3 is 0 Å². The molecule has 160 valence electrons. The quantitative estimate of drug-likeness (QED) is 0.773. The van der Waals surface area contributed by atoms with E-state index in [2.05, 4.69) is 28.3 Å². The molecule has 6 nitrogen and oxygen atoms in total. The van der Waals surface area contributed by atoms with Crippen molar-refractivity contribution in [3.63, 3.8) is 0 Å². The Morgan fingerprint density at radius 1 is 1.23 bits per heavy atom. The Morgan fingerprint density at radius 2 is 2.10 bits per heavy atom. The second-order valence-corrected chi connectivity index (χ2v) is 9.21. The molecule has 0 unspecified atom stereocenters. The van der Waals surface area contributed by atoms with E-state index in [1.165, 1.54) is 37.8 Å². The molecule has 6 heteroatoms. The lowest BCUT2D eigenvalue weighted by Crippen LogP contribution is -2.64. The molecule has 1 amide bonds. The van der Waals surface area contributed by atoms with Crippen LogP contribution in [0.15, 0.2) is 34.9 Å². The molecule has 3 aliphatic rings. The zero-order valence-corrected chi connectivity index (χ0v) is 17.9. The average Bonchev–Trinajstić information content (AvgIpc) is 3.22. The van der Waals surface area contributed by atoms with Crippen LogP contribution in [0.1, 0.15) is 47.5 Å². The SMILES string of the molecule is COc1cccc(C[C@H]2[C@H]3C[C@H](CN(C(=O)c4cc(C)on4)C3)[C@@H]3CCCCN32)c1. The zero-order valence-electron chi connectivity index (χ0n) is 17.9. The van der Waals surface area contributed by atoms with Crippen LogP contribution >= 0.6 is 0 Å². The van der Waals surface area contributed by atoms with Gasteiger partial charge in [-0.3, -0.25) is 9.69 Å². The zero-order chi connectivity index (χ0) is 20.7. The molecule has 1 aromatic heterocycles. The summed E-state index contributed by atoms with van der Waals surface area (Å²) >= 11 is 0. The van der Waals surface area contributed by atoms with Gasteiger partial charge in [-0.1, -0.05) is 23.7 Å². The molecule has 3 fully saturated rings. The number of hydrogen-bond acceptors (Lipinski definition) is 5. The highest BCUT2D eigenvalue weighted by Gasteiger charge is 2.48. The molecular formula is C24H31N3O3. The van der Waals surface area contributed by atoms with Crippen LogP contribution in [-0.2, 0) is 6.42 Å². The maximum absolute atomic E-state index is 13.1. The van der Waals surface area contributed by atoms with Crippen LogP contribution in [0.2, 0.25) is 0 Å². The Kier molecular flexibility index (Phi) is 5.27. The first-order chi connectivity index (χ1) is 14.6. The van der Waals surface area contributed by atoms with Crippen LogP contribution in [0.4, 0.5) is 0 Å². The Morgan fingerprint density at radius 3 is 2.90 bits per heavy atom. The number of carbonyl (C=O) groups is 1. The van der Waals surface area contributed by atoms with Gasteiger partial charge in [0.1, 0.15) is 11.5 Å². The number of rotatable bonds is 4. The minimum atomic E-state index is 0.0194. The molecule has 3 aliphatic heterocycles. The molecular weight excluding hydrogens is 378 g/mol. The third-order valence-electron chi connectivity index (χ3n) is 7.34. The van der Waals surface area contributed by atoms with Crippen LogP contribution in [0.3, 0.4) is 0 Å². The van der Waals surface area contributed by atoms with Crippen molar-refractivity contribution in [2.45, 2.75) is 51.1 Å². The van der Waals surface area contributed by atoms with Crippen molar-refractivity contribution in [2.24, 2.45) is 11.8 Å². The van der Waals surface area contributed by atoms with E-state index in [-0.39, 0.29) is 5.91 Å². The number of benzene rings is 1. The molecule has 0 spiro atoms. The summed E-state index contributed by atoms with van der Waals surface area (Å²) in [4.78, 5) is 17.9. The normalized spacial score (nSPS) is 28.8. The molecule has 0 aliphatic carbocycles. The summed E-state index contributed by atoms with van der Waals surface area (Å²) in [5.74, 6) is 2.66. The van der Waals surface area contributed by atoms with Gasteiger partial charge in [-0.25, -0.2) is 0 Å². The molecule has 2 bridgehead atoms. The van der Waals surface area contributed by atoms with E-state index in [4.69, 9.17) is 9.26 Å². The first kappa shape index (κ1) is 19.6. The number of hydrogen-bond donors (Lipinski definition) is 0. The van der Waals surface area contributed by atoms with E-state index in [9.17, 15) is 4.79 Å². The average molecular weight is 410 g/mol. The van der Waals surface area contributed by atoms with Crippen molar-refractivity contribution in [3.05, 3.63) is 47.3 Å². The smallest absolute Gasteiger partial charge is 0.276 e. The molecule has 4 atom stereocenters. The van der Waals surface area contributed by atoms with E-state index < -0.39 is 0 Å². The van der Waals surface area contributed by atoms with Gasteiger partial charge in [-0.15, -0.1) is 0 Å². The summed E-state index contributed by atoms with van der Waals surface area (Å²) in [6, 6.07) is 11.3. The molecule has 4 heterocycles. The number of carbonyl (C=O) groups excluding carboxylic acids is 1. The van der Waals surface area contributed by atoms with Crippen molar-refractivity contribution >= 4 is 5.91 Å². The number of methoxy groups -OCH3 is 1. The van der Waals surface area contributed by atoms with E-state index in [1.807, 2.05) is 17.9 Å². The van der Waals surface area contributed by atoms with Gasteiger partial charge in [0.15, 0.2) is 5.69 Å². The molecule has 2 aromatic rings. The van der Waals surface area contributed by atoms with Gasteiger partial charge in [0, 0.05) is 31.2 Å². The minimum Gasteiger partial charge on any atom is -0.497 e. The molecule has 1 aromatic carbocycles. The van der Waals surface area contributed by atoms with E-state index in [0.29, 0.717) is 35.4 Å². The lowest BCUT2D eigenvalue weighted by Gasteiger charge is -2.57. The van der Waals surface area contributed by atoms with Crippen LogP contribution in [-0.4, -0.2) is 59.7 Å². The fraction of sp³-hybridized carbons (Fsp3) is 0.583. The number of piperidine rings is 3. The maximum atomic E-state index is 13.1. The summed E-state index contributed by atoms with van der Waals surface area (Å²) in [5.41, 5.74) is 1.76. The van der Waals surface area contributed by atoms with Crippen molar-refractivity contribution < 1.29 is 14.1 Å². The number of amides is 1. The van der Waals surface area contributed by atoms with Crippen LogP contribution in [0.25, 0.3) is 0 Å².